The first kappa shape index (κ1) is 33.5. The predicted octanol–water partition coefficient (Wildman–Crippen LogP) is 7.85. The molecule has 0 aliphatic rings. The number of hydrogen-bond donors (Lipinski definition) is 0. The monoisotopic (exact) mass is 538 g/mol. The standard InChI is InChI=1S/C30H58O4Si2/c1-11-15-23-31-35(29(5,6)7,32-24-16-12-2)27-19-21-28(22-20-27)36(30(8,9)10,33-25-17-13-3)34-26-18-14-4/h19-22H,11-18,23-26H2,1-10H3. The van der Waals surface area contributed by atoms with Crippen LogP contribution in [0.15, 0.2) is 24.3 Å². The number of hydrogen-bond acceptors (Lipinski definition) is 4. The van der Waals surface area contributed by atoms with Gasteiger partial charge in [-0.15, -0.1) is 0 Å². The first-order valence-electron chi connectivity index (χ1n) is 14.6. The molecule has 1 aromatic rings. The van der Waals surface area contributed by atoms with Crippen molar-refractivity contribution in [1.82, 2.24) is 0 Å². The summed E-state index contributed by atoms with van der Waals surface area (Å²) in [4.78, 5) is 0. The van der Waals surface area contributed by atoms with Gasteiger partial charge in [-0.25, -0.2) is 0 Å². The van der Waals surface area contributed by atoms with Gasteiger partial charge in [0.1, 0.15) is 0 Å². The van der Waals surface area contributed by atoms with E-state index in [0.717, 1.165) is 77.8 Å². The van der Waals surface area contributed by atoms with Crippen LogP contribution < -0.4 is 10.4 Å². The van der Waals surface area contributed by atoms with Gasteiger partial charge >= 0.3 is 17.1 Å². The highest BCUT2D eigenvalue weighted by Crippen LogP contribution is 2.40. The Hall–Kier alpha value is -0.506. The highest BCUT2D eigenvalue weighted by molar-refractivity contribution is 6.85. The lowest BCUT2D eigenvalue weighted by Crippen LogP contribution is -2.63. The highest BCUT2D eigenvalue weighted by Gasteiger charge is 2.54. The zero-order chi connectivity index (χ0) is 27.3. The molecule has 0 fully saturated rings. The molecule has 1 rings (SSSR count). The Labute approximate surface area is 226 Å². The van der Waals surface area contributed by atoms with Gasteiger partial charge in [0.15, 0.2) is 0 Å². The second-order valence-corrected chi connectivity index (χ2v) is 19.9. The third-order valence-electron chi connectivity index (χ3n) is 6.83. The van der Waals surface area contributed by atoms with Gasteiger partial charge < -0.3 is 17.7 Å². The van der Waals surface area contributed by atoms with Crippen LogP contribution in [0.1, 0.15) is 121 Å². The van der Waals surface area contributed by atoms with Crippen LogP contribution in [0.4, 0.5) is 0 Å². The van der Waals surface area contributed by atoms with E-state index >= 15 is 0 Å². The van der Waals surface area contributed by atoms with E-state index in [0.29, 0.717) is 0 Å². The Morgan fingerprint density at radius 1 is 0.472 bits per heavy atom. The van der Waals surface area contributed by atoms with E-state index in [4.69, 9.17) is 17.7 Å². The molecule has 0 bridgehead atoms. The van der Waals surface area contributed by atoms with E-state index in [-0.39, 0.29) is 10.1 Å². The fraction of sp³-hybridized carbons (Fsp3) is 0.800. The maximum absolute atomic E-state index is 6.78. The van der Waals surface area contributed by atoms with Crippen molar-refractivity contribution >= 4 is 27.5 Å². The van der Waals surface area contributed by atoms with E-state index in [1.165, 1.54) is 10.4 Å². The molecule has 0 spiro atoms. The van der Waals surface area contributed by atoms with Crippen LogP contribution in [-0.4, -0.2) is 43.5 Å². The van der Waals surface area contributed by atoms with Crippen molar-refractivity contribution in [2.24, 2.45) is 0 Å². The molecule has 0 amide bonds. The minimum absolute atomic E-state index is 0.0935. The molecule has 210 valence electrons. The Balaban J connectivity index is 3.55. The summed E-state index contributed by atoms with van der Waals surface area (Å²) >= 11 is 0. The van der Waals surface area contributed by atoms with Crippen LogP contribution in [0.3, 0.4) is 0 Å². The summed E-state index contributed by atoms with van der Waals surface area (Å²) in [7, 11) is -5.41. The van der Waals surface area contributed by atoms with E-state index < -0.39 is 17.1 Å². The summed E-state index contributed by atoms with van der Waals surface area (Å²) in [6.07, 6.45) is 8.68. The predicted molar refractivity (Wildman–Crippen MR) is 160 cm³/mol. The molecule has 0 N–H and O–H groups in total. The van der Waals surface area contributed by atoms with Crippen LogP contribution in [0.2, 0.25) is 10.1 Å². The average Bonchev–Trinajstić information content (AvgIpc) is 2.81. The molecule has 1 aromatic carbocycles. The molecule has 0 atom stereocenters. The zero-order valence-electron chi connectivity index (χ0n) is 25.4. The van der Waals surface area contributed by atoms with Gasteiger partial charge in [-0.3, -0.25) is 0 Å². The van der Waals surface area contributed by atoms with E-state index in [9.17, 15) is 0 Å². The van der Waals surface area contributed by atoms with Gasteiger partial charge in [0.05, 0.1) is 0 Å². The molecular formula is C30H58O4Si2. The molecule has 0 aliphatic heterocycles. The molecule has 0 aromatic heterocycles. The maximum Gasteiger partial charge on any atom is 0.378 e. The third-order valence-corrected chi connectivity index (χ3v) is 15.4. The van der Waals surface area contributed by atoms with Crippen molar-refractivity contribution in [2.45, 2.75) is 131 Å². The highest BCUT2D eigenvalue weighted by atomic mass is 28.4. The minimum Gasteiger partial charge on any atom is -0.391 e. The van der Waals surface area contributed by atoms with Crippen molar-refractivity contribution in [2.75, 3.05) is 26.4 Å². The summed E-state index contributed by atoms with van der Waals surface area (Å²) in [6.45, 7) is 25.5. The van der Waals surface area contributed by atoms with Crippen molar-refractivity contribution in [3.05, 3.63) is 24.3 Å². The van der Waals surface area contributed by atoms with Gasteiger partial charge in [-0.05, 0) is 36.1 Å². The number of unbranched alkanes of at least 4 members (excludes halogenated alkanes) is 4. The van der Waals surface area contributed by atoms with E-state index in [1.807, 2.05) is 0 Å². The van der Waals surface area contributed by atoms with Gasteiger partial charge in [0.2, 0.25) is 0 Å². The number of rotatable bonds is 18. The lowest BCUT2D eigenvalue weighted by molar-refractivity contribution is 0.155. The second kappa shape index (κ2) is 15.8. The Bertz CT molecular complexity index is 626. The Kier molecular flexibility index (Phi) is 14.7. The summed E-state index contributed by atoms with van der Waals surface area (Å²) in [5.41, 5.74) is 0. The molecule has 0 unspecified atom stereocenters. The van der Waals surface area contributed by atoms with Crippen LogP contribution in [0.25, 0.3) is 0 Å². The smallest absolute Gasteiger partial charge is 0.378 e. The van der Waals surface area contributed by atoms with E-state index in [2.05, 4.69) is 93.5 Å². The average molecular weight is 539 g/mol. The topological polar surface area (TPSA) is 36.9 Å². The molecule has 0 radical (unpaired) electrons. The summed E-state index contributed by atoms with van der Waals surface area (Å²) in [6, 6.07) is 9.07. The molecule has 0 saturated heterocycles. The van der Waals surface area contributed by atoms with Gasteiger partial charge in [-0.2, -0.15) is 0 Å². The maximum atomic E-state index is 6.78. The lowest BCUT2D eigenvalue weighted by Gasteiger charge is -2.43. The minimum atomic E-state index is -2.70. The second-order valence-electron chi connectivity index (χ2n) is 12.1. The lowest BCUT2D eigenvalue weighted by atomic mass is 10.2. The summed E-state index contributed by atoms with van der Waals surface area (Å²) < 4.78 is 27.1. The van der Waals surface area contributed by atoms with Crippen LogP contribution >= 0.6 is 0 Å². The first-order chi connectivity index (χ1) is 17.0. The first-order valence-corrected chi connectivity index (χ1v) is 18.3. The molecular weight excluding hydrogens is 480 g/mol. The molecule has 4 nitrogen and oxygen atoms in total. The molecule has 6 heteroatoms. The van der Waals surface area contributed by atoms with Gasteiger partial charge in [0, 0.05) is 36.5 Å². The van der Waals surface area contributed by atoms with Crippen molar-refractivity contribution in [1.29, 1.82) is 0 Å². The number of benzene rings is 1. The fourth-order valence-corrected chi connectivity index (χ4v) is 11.7. The van der Waals surface area contributed by atoms with Crippen molar-refractivity contribution in [3.63, 3.8) is 0 Å². The zero-order valence-corrected chi connectivity index (χ0v) is 27.4. The summed E-state index contributed by atoms with van der Waals surface area (Å²) in [5.74, 6) is 0. The Morgan fingerprint density at radius 3 is 0.861 bits per heavy atom. The van der Waals surface area contributed by atoms with Crippen LogP contribution in [-0.2, 0) is 17.7 Å². The van der Waals surface area contributed by atoms with Crippen molar-refractivity contribution < 1.29 is 17.7 Å². The molecule has 36 heavy (non-hydrogen) atoms. The van der Waals surface area contributed by atoms with Crippen LogP contribution in [0.5, 0.6) is 0 Å². The third kappa shape index (κ3) is 8.77. The fourth-order valence-electron chi connectivity index (χ4n) is 4.50. The van der Waals surface area contributed by atoms with Gasteiger partial charge in [-0.1, -0.05) is 119 Å². The quantitative estimate of drug-likeness (QED) is 0.141. The van der Waals surface area contributed by atoms with E-state index in [1.54, 1.807) is 0 Å². The molecule has 0 heterocycles. The normalized spacial score (nSPS) is 13.4. The largest absolute Gasteiger partial charge is 0.391 e. The van der Waals surface area contributed by atoms with Gasteiger partial charge in [0.25, 0.3) is 0 Å². The van der Waals surface area contributed by atoms with Crippen molar-refractivity contribution in [3.8, 4) is 0 Å². The Morgan fingerprint density at radius 2 is 0.694 bits per heavy atom. The summed E-state index contributed by atoms with van der Waals surface area (Å²) in [5, 5.41) is 2.24. The van der Waals surface area contributed by atoms with Crippen LogP contribution in [0, 0.1) is 0 Å². The molecule has 0 saturated carbocycles. The SMILES string of the molecule is CCCCO[Si](OCCCC)(c1ccc([Si](OCCCC)(OCCCC)C(C)(C)C)cc1)C(C)(C)C. The molecule has 0 aliphatic carbocycles.